The SMILES string of the molecule is CC(C(=O)NCC(F)(F)F)N1CCc2cccc(N)c2C1. The largest absolute Gasteiger partial charge is 0.405 e. The number of amides is 1. The highest BCUT2D eigenvalue weighted by Gasteiger charge is 2.31. The summed E-state index contributed by atoms with van der Waals surface area (Å²) in [4.78, 5) is 13.6. The molecule has 1 atom stereocenters. The summed E-state index contributed by atoms with van der Waals surface area (Å²) in [6.07, 6.45) is -3.66. The van der Waals surface area contributed by atoms with Gasteiger partial charge in [-0.1, -0.05) is 12.1 Å². The van der Waals surface area contributed by atoms with Gasteiger partial charge in [0.2, 0.25) is 5.91 Å². The normalized spacial score (nSPS) is 17.1. The summed E-state index contributed by atoms with van der Waals surface area (Å²) in [5.74, 6) is -0.620. The maximum atomic E-state index is 12.1. The Bertz CT molecular complexity index is 531. The van der Waals surface area contributed by atoms with Crippen molar-refractivity contribution in [3.8, 4) is 0 Å². The van der Waals surface area contributed by atoms with E-state index in [1.807, 2.05) is 22.3 Å². The Balaban J connectivity index is 2.00. The van der Waals surface area contributed by atoms with E-state index in [4.69, 9.17) is 5.73 Å². The van der Waals surface area contributed by atoms with E-state index in [0.29, 0.717) is 18.8 Å². The molecule has 1 aliphatic heterocycles. The number of nitrogens with one attached hydrogen (secondary N) is 1. The molecule has 4 nitrogen and oxygen atoms in total. The van der Waals surface area contributed by atoms with Gasteiger partial charge in [0.25, 0.3) is 0 Å². The first-order valence-electron chi connectivity index (χ1n) is 6.72. The summed E-state index contributed by atoms with van der Waals surface area (Å²) in [5, 5.41) is 1.92. The van der Waals surface area contributed by atoms with Crippen LogP contribution in [-0.4, -0.2) is 36.1 Å². The van der Waals surface area contributed by atoms with Gasteiger partial charge in [-0.25, -0.2) is 0 Å². The van der Waals surface area contributed by atoms with E-state index >= 15 is 0 Å². The zero-order valence-electron chi connectivity index (χ0n) is 11.7. The minimum atomic E-state index is -4.39. The molecule has 1 aromatic rings. The molecule has 0 saturated carbocycles. The fourth-order valence-corrected chi connectivity index (χ4v) is 2.46. The van der Waals surface area contributed by atoms with E-state index in [9.17, 15) is 18.0 Å². The van der Waals surface area contributed by atoms with Crippen LogP contribution in [0.4, 0.5) is 18.9 Å². The van der Waals surface area contributed by atoms with E-state index in [0.717, 1.165) is 17.5 Å². The number of halogens is 3. The van der Waals surface area contributed by atoms with Crippen molar-refractivity contribution in [2.75, 3.05) is 18.8 Å². The number of nitrogens with zero attached hydrogens (tertiary/aromatic N) is 1. The molecule has 1 aromatic carbocycles. The summed E-state index contributed by atoms with van der Waals surface area (Å²) in [6.45, 7) is 1.40. The molecule has 2 rings (SSSR count). The van der Waals surface area contributed by atoms with Crippen LogP contribution in [0.15, 0.2) is 18.2 Å². The van der Waals surface area contributed by atoms with Gasteiger partial charge >= 0.3 is 6.18 Å². The van der Waals surface area contributed by atoms with Gasteiger partial charge in [-0.2, -0.15) is 13.2 Å². The molecule has 21 heavy (non-hydrogen) atoms. The first-order chi connectivity index (χ1) is 9.78. The summed E-state index contributed by atoms with van der Waals surface area (Å²) in [5.41, 5.74) is 8.66. The van der Waals surface area contributed by atoms with Crippen LogP contribution >= 0.6 is 0 Å². The summed E-state index contributed by atoms with van der Waals surface area (Å²) in [7, 11) is 0. The third kappa shape index (κ3) is 3.87. The van der Waals surface area contributed by atoms with Crippen molar-refractivity contribution in [2.45, 2.75) is 32.1 Å². The number of carbonyl (C=O) groups excluding carboxylic acids is 1. The third-order valence-corrected chi connectivity index (χ3v) is 3.73. The number of hydrogen-bond acceptors (Lipinski definition) is 3. The molecule has 116 valence electrons. The number of benzene rings is 1. The zero-order valence-corrected chi connectivity index (χ0v) is 11.7. The van der Waals surface area contributed by atoms with Crippen LogP contribution in [0.3, 0.4) is 0 Å². The number of nitrogens with two attached hydrogens (primary N) is 1. The first kappa shape index (κ1) is 15.6. The van der Waals surface area contributed by atoms with Crippen LogP contribution in [0, 0.1) is 0 Å². The molecule has 1 heterocycles. The standard InChI is InChI=1S/C14H18F3N3O/c1-9(13(21)19-8-14(15,16)17)20-6-5-10-3-2-4-12(18)11(10)7-20/h2-4,9H,5-8,18H2,1H3,(H,19,21). The van der Waals surface area contributed by atoms with E-state index in [1.165, 1.54) is 0 Å². The van der Waals surface area contributed by atoms with Crippen molar-refractivity contribution in [1.29, 1.82) is 0 Å². The highest BCUT2D eigenvalue weighted by molar-refractivity contribution is 5.81. The van der Waals surface area contributed by atoms with Gasteiger partial charge in [0, 0.05) is 18.8 Å². The minimum absolute atomic E-state index is 0.475. The Morgan fingerprint density at radius 2 is 2.19 bits per heavy atom. The molecule has 1 unspecified atom stereocenters. The number of nitrogen functional groups attached to an aromatic ring is 1. The monoisotopic (exact) mass is 301 g/mol. The molecule has 0 aromatic heterocycles. The topological polar surface area (TPSA) is 58.4 Å². The van der Waals surface area contributed by atoms with Crippen molar-refractivity contribution < 1.29 is 18.0 Å². The van der Waals surface area contributed by atoms with Gasteiger partial charge in [-0.3, -0.25) is 9.69 Å². The lowest BCUT2D eigenvalue weighted by Crippen LogP contribution is -2.48. The number of carbonyl (C=O) groups is 1. The van der Waals surface area contributed by atoms with Crippen molar-refractivity contribution in [3.63, 3.8) is 0 Å². The van der Waals surface area contributed by atoms with Gasteiger partial charge in [-0.15, -0.1) is 0 Å². The average Bonchev–Trinajstić information content (AvgIpc) is 2.43. The number of fused-ring (bicyclic) bond motifs is 1. The van der Waals surface area contributed by atoms with E-state index < -0.39 is 24.7 Å². The van der Waals surface area contributed by atoms with Crippen LogP contribution in [0.5, 0.6) is 0 Å². The molecule has 7 heteroatoms. The highest BCUT2D eigenvalue weighted by Crippen LogP contribution is 2.25. The van der Waals surface area contributed by atoms with Crippen molar-refractivity contribution >= 4 is 11.6 Å². The Morgan fingerprint density at radius 1 is 1.48 bits per heavy atom. The lowest BCUT2D eigenvalue weighted by Gasteiger charge is -2.33. The second-order valence-electron chi connectivity index (χ2n) is 5.21. The number of anilines is 1. The molecule has 3 N–H and O–H groups in total. The zero-order chi connectivity index (χ0) is 15.6. The van der Waals surface area contributed by atoms with Crippen molar-refractivity contribution in [3.05, 3.63) is 29.3 Å². The predicted molar refractivity (Wildman–Crippen MR) is 73.5 cm³/mol. The molecule has 0 aliphatic carbocycles. The molecule has 0 spiro atoms. The number of alkyl halides is 3. The fourth-order valence-electron chi connectivity index (χ4n) is 2.46. The first-order valence-corrected chi connectivity index (χ1v) is 6.72. The summed E-state index contributed by atoms with van der Waals surface area (Å²) < 4.78 is 36.4. The molecule has 0 saturated heterocycles. The molecule has 1 amide bonds. The van der Waals surface area contributed by atoms with Gasteiger partial charge in [0.1, 0.15) is 6.54 Å². The lowest BCUT2D eigenvalue weighted by molar-refractivity contribution is -0.141. The second kappa shape index (κ2) is 5.93. The van der Waals surface area contributed by atoms with Crippen LogP contribution in [0.2, 0.25) is 0 Å². The van der Waals surface area contributed by atoms with E-state index in [-0.39, 0.29) is 0 Å². The third-order valence-electron chi connectivity index (χ3n) is 3.73. The van der Waals surface area contributed by atoms with E-state index in [2.05, 4.69) is 0 Å². The molecule has 0 radical (unpaired) electrons. The highest BCUT2D eigenvalue weighted by atomic mass is 19.4. The van der Waals surface area contributed by atoms with Crippen molar-refractivity contribution in [1.82, 2.24) is 10.2 Å². The average molecular weight is 301 g/mol. The maximum Gasteiger partial charge on any atom is 0.405 e. The Morgan fingerprint density at radius 3 is 2.86 bits per heavy atom. The fraction of sp³-hybridized carbons (Fsp3) is 0.500. The maximum absolute atomic E-state index is 12.1. The molecular weight excluding hydrogens is 283 g/mol. The van der Waals surface area contributed by atoms with Crippen LogP contribution in [0.25, 0.3) is 0 Å². The van der Waals surface area contributed by atoms with Gasteiger partial charge in [-0.05, 0) is 30.5 Å². The summed E-state index contributed by atoms with van der Waals surface area (Å²) >= 11 is 0. The van der Waals surface area contributed by atoms with Gasteiger partial charge in [0.05, 0.1) is 6.04 Å². The van der Waals surface area contributed by atoms with Crippen LogP contribution in [0.1, 0.15) is 18.1 Å². The number of hydrogen-bond donors (Lipinski definition) is 2. The summed E-state index contributed by atoms with van der Waals surface area (Å²) in [6, 6.07) is 5.03. The van der Waals surface area contributed by atoms with Crippen LogP contribution < -0.4 is 11.1 Å². The van der Waals surface area contributed by atoms with Crippen molar-refractivity contribution in [2.24, 2.45) is 0 Å². The smallest absolute Gasteiger partial charge is 0.398 e. The molecular formula is C14H18F3N3O. The molecule has 1 aliphatic rings. The predicted octanol–water partition coefficient (Wildman–Crippen LogP) is 1.69. The van der Waals surface area contributed by atoms with E-state index in [1.54, 1.807) is 13.0 Å². The Kier molecular flexibility index (Phi) is 4.41. The Labute approximate surface area is 121 Å². The number of rotatable bonds is 3. The minimum Gasteiger partial charge on any atom is -0.398 e. The van der Waals surface area contributed by atoms with Gasteiger partial charge in [0.15, 0.2) is 0 Å². The molecule has 0 fully saturated rings. The Hall–Kier alpha value is -1.76. The van der Waals surface area contributed by atoms with Crippen LogP contribution in [-0.2, 0) is 17.8 Å². The lowest BCUT2D eigenvalue weighted by atomic mass is 9.97. The van der Waals surface area contributed by atoms with Gasteiger partial charge < -0.3 is 11.1 Å². The quantitative estimate of drug-likeness (QED) is 0.835. The second-order valence-corrected chi connectivity index (χ2v) is 5.21. The molecule has 0 bridgehead atoms.